The van der Waals surface area contributed by atoms with Crippen LogP contribution in [0.4, 0.5) is 14.9 Å². The van der Waals surface area contributed by atoms with Gasteiger partial charge in [0, 0.05) is 18.7 Å². The minimum Gasteiger partial charge on any atom is -0.495 e. The molecule has 0 saturated heterocycles. The fourth-order valence-electron chi connectivity index (χ4n) is 2.12. The fraction of sp³-hybridized carbons (Fsp3) is 0.235. The van der Waals surface area contributed by atoms with Gasteiger partial charge in [-0.2, -0.15) is 0 Å². The maximum absolute atomic E-state index is 13.2. The summed E-state index contributed by atoms with van der Waals surface area (Å²) in [6.07, 6.45) is 0. The van der Waals surface area contributed by atoms with Crippen molar-refractivity contribution in [3.63, 3.8) is 0 Å². The number of urea groups is 1. The van der Waals surface area contributed by atoms with Crippen molar-refractivity contribution in [1.29, 1.82) is 0 Å². The van der Waals surface area contributed by atoms with Crippen molar-refractivity contribution in [3.05, 3.63) is 52.3 Å². The Morgan fingerprint density at radius 3 is 2.50 bits per heavy atom. The van der Waals surface area contributed by atoms with Gasteiger partial charge in [0.2, 0.25) is 0 Å². The SMILES string of the molecule is COc1cc(NC(=O)NCc2ccc(F)c(C)c2)c(OC)cc1Cl. The summed E-state index contributed by atoms with van der Waals surface area (Å²) in [5.41, 5.74) is 1.75. The zero-order valence-electron chi connectivity index (χ0n) is 13.6. The van der Waals surface area contributed by atoms with E-state index < -0.39 is 6.03 Å². The average Bonchev–Trinajstić information content (AvgIpc) is 2.57. The van der Waals surface area contributed by atoms with Crippen molar-refractivity contribution < 1.29 is 18.7 Å². The van der Waals surface area contributed by atoms with Gasteiger partial charge in [0.05, 0.1) is 24.9 Å². The second-order valence-electron chi connectivity index (χ2n) is 5.08. The first kappa shape index (κ1) is 17.9. The predicted molar refractivity (Wildman–Crippen MR) is 91.6 cm³/mol. The van der Waals surface area contributed by atoms with E-state index in [0.29, 0.717) is 27.8 Å². The van der Waals surface area contributed by atoms with Crippen molar-refractivity contribution in [2.24, 2.45) is 0 Å². The summed E-state index contributed by atoms with van der Waals surface area (Å²) in [4.78, 5) is 12.1. The van der Waals surface area contributed by atoms with Gasteiger partial charge >= 0.3 is 6.03 Å². The highest BCUT2D eigenvalue weighted by molar-refractivity contribution is 6.32. The molecular formula is C17H18ClFN2O3. The van der Waals surface area contributed by atoms with Crippen LogP contribution in [0, 0.1) is 12.7 Å². The van der Waals surface area contributed by atoms with E-state index in [-0.39, 0.29) is 12.4 Å². The summed E-state index contributed by atoms with van der Waals surface area (Å²) in [5.74, 6) is 0.552. The molecule has 5 nitrogen and oxygen atoms in total. The third-order valence-electron chi connectivity index (χ3n) is 3.40. The molecule has 0 aromatic heterocycles. The topological polar surface area (TPSA) is 59.6 Å². The molecule has 2 rings (SSSR count). The number of methoxy groups -OCH3 is 2. The summed E-state index contributed by atoms with van der Waals surface area (Å²) in [6, 6.07) is 7.37. The molecule has 0 unspecified atom stereocenters. The highest BCUT2D eigenvalue weighted by Gasteiger charge is 2.12. The monoisotopic (exact) mass is 352 g/mol. The number of carbonyl (C=O) groups excluding carboxylic acids is 1. The van der Waals surface area contributed by atoms with Crippen LogP contribution in [-0.4, -0.2) is 20.3 Å². The number of benzene rings is 2. The Morgan fingerprint density at radius 1 is 1.17 bits per heavy atom. The third-order valence-corrected chi connectivity index (χ3v) is 3.69. The lowest BCUT2D eigenvalue weighted by atomic mass is 10.1. The van der Waals surface area contributed by atoms with Crippen molar-refractivity contribution >= 4 is 23.3 Å². The fourth-order valence-corrected chi connectivity index (χ4v) is 2.35. The molecule has 0 fully saturated rings. The lowest BCUT2D eigenvalue weighted by molar-refractivity contribution is 0.251. The van der Waals surface area contributed by atoms with E-state index in [1.165, 1.54) is 20.3 Å². The maximum Gasteiger partial charge on any atom is 0.319 e. The molecule has 0 aliphatic rings. The standard InChI is InChI=1S/C17H18ClFN2O3/c1-10-6-11(4-5-13(10)19)9-20-17(22)21-14-8-15(23-2)12(18)7-16(14)24-3/h4-8H,9H2,1-3H3,(H2,20,21,22). The zero-order valence-corrected chi connectivity index (χ0v) is 14.3. The van der Waals surface area contributed by atoms with Crippen LogP contribution in [0.2, 0.25) is 5.02 Å². The Balaban J connectivity index is 2.05. The Bertz CT molecular complexity index is 753. The predicted octanol–water partition coefficient (Wildman–Crippen LogP) is 4.13. The summed E-state index contributed by atoms with van der Waals surface area (Å²) < 4.78 is 23.6. The number of rotatable bonds is 5. The summed E-state index contributed by atoms with van der Waals surface area (Å²) in [5, 5.41) is 5.74. The van der Waals surface area contributed by atoms with Crippen LogP contribution in [0.3, 0.4) is 0 Å². The molecule has 2 aromatic carbocycles. The average molecular weight is 353 g/mol. The molecule has 7 heteroatoms. The van der Waals surface area contributed by atoms with Gasteiger partial charge in [-0.25, -0.2) is 9.18 Å². The Hall–Kier alpha value is -2.47. The third kappa shape index (κ3) is 4.29. The Labute approximate surface area is 144 Å². The molecular weight excluding hydrogens is 335 g/mol. The van der Waals surface area contributed by atoms with Gasteiger partial charge in [-0.1, -0.05) is 23.7 Å². The second-order valence-corrected chi connectivity index (χ2v) is 5.49. The molecule has 0 aliphatic heterocycles. The van der Waals surface area contributed by atoms with Gasteiger partial charge in [0.1, 0.15) is 17.3 Å². The zero-order chi connectivity index (χ0) is 17.7. The van der Waals surface area contributed by atoms with Crippen LogP contribution in [0.25, 0.3) is 0 Å². The first-order chi connectivity index (χ1) is 11.4. The minimum absolute atomic E-state index is 0.264. The number of amides is 2. The van der Waals surface area contributed by atoms with Crippen LogP contribution in [0.5, 0.6) is 11.5 Å². The van der Waals surface area contributed by atoms with Crippen LogP contribution in [-0.2, 0) is 6.54 Å². The molecule has 0 atom stereocenters. The Morgan fingerprint density at radius 2 is 1.88 bits per heavy atom. The number of ether oxygens (including phenoxy) is 2. The summed E-state index contributed by atoms with van der Waals surface area (Å²) in [7, 11) is 2.96. The smallest absolute Gasteiger partial charge is 0.319 e. The number of halogens is 2. The van der Waals surface area contributed by atoms with Gasteiger partial charge in [-0.15, -0.1) is 0 Å². The molecule has 2 aromatic rings. The van der Waals surface area contributed by atoms with E-state index in [1.54, 1.807) is 31.2 Å². The van der Waals surface area contributed by atoms with Crippen LogP contribution >= 0.6 is 11.6 Å². The molecule has 0 heterocycles. The minimum atomic E-state index is -0.431. The quantitative estimate of drug-likeness (QED) is 0.850. The molecule has 0 radical (unpaired) electrons. The van der Waals surface area contributed by atoms with E-state index in [0.717, 1.165) is 5.56 Å². The van der Waals surface area contributed by atoms with Crippen LogP contribution in [0.15, 0.2) is 30.3 Å². The molecule has 128 valence electrons. The maximum atomic E-state index is 13.2. The number of hydrogen-bond donors (Lipinski definition) is 2. The Kier molecular flexibility index (Phi) is 5.87. The van der Waals surface area contributed by atoms with Gasteiger partial charge in [0.15, 0.2) is 0 Å². The van der Waals surface area contributed by atoms with E-state index in [1.807, 2.05) is 0 Å². The first-order valence-electron chi connectivity index (χ1n) is 7.16. The largest absolute Gasteiger partial charge is 0.495 e. The van der Waals surface area contributed by atoms with Gasteiger partial charge in [-0.05, 0) is 24.1 Å². The van der Waals surface area contributed by atoms with Crippen molar-refractivity contribution in [1.82, 2.24) is 5.32 Å². The van der Waals surface area contributed by atoms with E-state index >= 15 is 0 Å². The number of aryl methyl sites for hydroxylation is 1. The molecule has 24 heavy (non-hydrogen) atoms. The van der Waals surface area contributed by atoms with Crippen molar-refractivity contribution in [3.8, 4) is 11.5 Å². The lowest BCUT2D eigenvalue weighted by Crippen LogP contribution is -2.28. The van der Waals surface area contributed by atoms with Crippen molar-refractivity contribution in [2.45, 2.75) is 13.5 Å². The van der Waals surface area contributed by atoms with E-state index in [9.17, 15) is 9.18 Å². The van der Waals surface area contributed by atoms with Gasteiger partial charge in [0.25, 0.3) is 0 Å². The summed E-state index contributed by atoms with van der Waals surface area (Å²) in [6.45, 7) is 1.93. The van der Waals surface area contributed by atoms with Gasteiger partial charge < -0.3 is 20.1 Å². The molecule has 0 bridgehead atoms. The molecule has 0 aliphatic carbocycles. The number of hydrogen-bond acceptors (Lipinski definition) is 3. The first-order valence-corrected chi connectivity index (χ1v) is 7.53. The van der Waals surface area contributed by atoms with Crippen molar-refractivity contribution in [2.75, 3.05) is 19.5 Å². The summed E-state index contributed by atoms with van der Waals surface area (Å²) >= 11 is 6.02. The van der Waals surface area contributed by atoms with Crippen LogP contribution < -0.4 is 20.1 Å². The van der Waals surface area contributed by atoms with Gasteiger partial charge in [-0.3, -0.25) is 0 Å². The lowest BCUT2D eigenvalue weighted by Gasteiger charge is -2.14. The number of carbonyl (C=O) groups is 1. The normalized spacial score (nSPS) is 10.2. The number of anilines is 1. The highest BCUT2D eigenvalue weighted by Crippen LogP contribution is 2.35. The van der Waals surface area contributed by atoms with E-state index in [4.69, 9.17) is 21.1 Å². The van der Waals surface area contributed by atoms with E-state index in [2.05, 4.69) is 10.6 Å². The molecule has 0 spiro atoms. The highest BCUT2D eigenvalue weighted by atomic mass is 35.5. The van der Waals surface area contributed by atoms with Crippen LogP contribution in [0.1, 0.15) is 11.1 Å². The molecule has 0 saturated carbocycles. The second kappa shape index (κ2) is 7.88. The molecule has 2 amide bonds. The number of nitrogens with one attached hydrogen (secondary N) is 2. The molecule has 2 N–H and O–H groups in total.